The smallest absolute Gasteiger partial charge is 0.270 e. The summed E-state index contributed by atoms with van der Waals surface area (Å²) in [6.45, 7) is 0.902. The van der Waals surface area contributed by atoms with E-state index in [1.165, 1.54) is 0 Å². The van der Waals surface area contributed by atoms with E-state index >= 15 is 0 Å². The fraction of sp³-hybridized carbons (Fsp3) is 0.545. The number of carbonyl (C=O) groups excluding carboxylic acids is 1. The number of aromatic amines is 1. The van der Waals surface area contributed by atoms with E-state index in [1.807, 2.05) is 0 Å². The number of H-pyrrole nitrogens is 1. The number of aliphatic hydroxyl groups excluding tert-OH is 1. The van der Waals surface area contributed by atoms with Gasteiger partial charge in [-0.15, -0.1) is 0 Å². The van der Waals surface area contributed by atoms with Gasteiger partial charge in [-0.2, -0.15) is 0 Å². The maximum absolute atomic E-state index is 11.8. The van der Waals surface area contributed by atoms with Crippen LogP contribution in [0.1, 0.15) is 29.8 Å². The second-order valence-electron chi connectivity index (χ2n) is 3.74. The van der Waals surface area contributed by atoms with Crippen LogP contribution in [0.2, 0.25) is 5.02 Å². The summed E-state index contributed by atoms with van der Waals surface area (Å²) < 4.78 is 0. The van der Waals surface area contributed by atoms with Crippen LogP contribution in [0.4, 0.5) is 0 Å². The van der Waals surface area contributed by atoms with Crippen molar-refractivity contribution in [3.05, 3.63) is 23.0 Å². The number of halogens is 1. The Morgan fingerprint density at radius 1 is 1.50 bits per heavy atom. The highest BCUT2D eigenvalue weighted by atomic mass is 35.5. The standard InChI is InChI=1S/C11H17ClN2O2/c1-14(5-3-2-4-6-15)11(16)10-7-9(12)8-13-10/h7-8,13,15H,2-6H2,1H3. The van der Waals surface area contributed by atoms with Crippen molar-refractivity contribution in [1.29, 1.82) is 0 Å². The summed E-state index contributed by atoms with van der Waals surface area (Å²) in [5.74, 6) is -0.0594. The van der Waals surface area contributed by atoms with Crippen molar-refractivity contribution in [3.63, 3.8) is 0 Å². The molecule has 1 aromatic rings. The molecule has 1 aromatic heterocycles. The number of aromatic nitrogens is 1. The molecule has 0 aliphatic rings. The average molecular weight is 245 g/mol. The Hall–Kier alpha value is -1.00. The van der Waals surface area contributed by atoms with Gasteiger partial charge in [0.05, 0.1) is 5.02 Å². The van der Waals surface area contributed by atoms with E-state index in [9.17, 15) is 4.79 Å². The SMILES string of the molecule is CN(CCCCCO)C(=O)c1cc(Cl)c[nH]1. The molecule has 90 valence electrons. The van der Waals surface area contributed by atoms with Gasteiger partial charge in [-0.05, 0) is 25.3 Å². The molecular weight excluding hydrogens is 228 g/mol. The van der Waals surface area contributed by atoms with Crippen LogP contribution in [-0.2, 0) is 0 Å². The Labute approximate surface area is 100 Å². The summed E-state index contributed by atoms with van der Waals surface area (Å²) >= 11 is 5.72. The number of hydrogen-bond donors (Lipinski definition) is 2. The molecule has 0 aromatic carbocycles. The predicted octanol–water partition coefficient (Wildman–Crippen LogP) is 1.90. The summed E-state index contributed by atoms with van der Waals surface area (Å²) in [6.07, 6.45) is 4.21. The van der Waals surface area contributed by atoms with Gasteiger partial charge in [-0.1, -0.05) is 11.6 Å². The number of carbonyl (C=O) groups is 1. The number of unbranched alkanes of at least 4 members (excludes halogenated alkanes) is 2. The molecule has 1 amide bonds. The number of aliphatic hydroxyl groups is 1. The molecule has 16 heavy (non-hydrogen) atoms. The number of nitrogens with one attached hydrogen (secondary N) is 1. The maximum Gasteiger partial charge on any atom is 0.270 e. The summed E-state index contributed by atoms with van der Waals surface area (Å²) in [4.78, 5) is 16.3. The van der Waals surface area contributed by atoms with Gasteiger partial charge in [0, 0.05) is 26.4 Å². The van der Waals surface area contributed by atoms with Crippen LogP contribution in [-0.4, -0.2) is 41.1 Å². The van der Waals surface area contributed by atoms with E-state index in [1.54, 1.807) is 24.2 Å². The monoisotopic (exact) mass is 244 g/mol. The predicted molar refractivity (Wildman–Crippen MR) is 63.7 cm³/mol. The lowest BCUT2D eigenvalue weighted by Crippen LogP contribution is -2.28. The third-order valence-corrected chi connectivity index (χ3v) is 2.59. The minimum absolute atomic E-state index is 0.0594. The molecule has 4 nitrogen and oxygen atoms in total. The zero-order chi connectivity index (χ0) is 12.0. The zero-order valence-corrected chi connectivity index (χ0v) is 10.1. The lowest BCUT2D eigenvalue weighted by atomic mass is 10.2. The quantitative estimate of drug-likeness (QED) is 0.751. The third kappa shape index (κ3) is 3.87. The minimum Gasteiger partial charge on any atom is -0.396 e. The molecule has 0 unspecified atom stereocenters. The van der Waals surface area contributed by atoms with E-state index in [-0.39, 0.29) is 12.5 Å². The Morgan fingerprint density at radius 2 is 2.25 bits per heavy atom. The van der Waals surface area contributed by atoms with Crippen molar-refractivity contribution in [2.45, 2.75) is 19.3 Å². The molecule has 0 spiro atoms. The first-order chi connectivity index (χ1) is 7.65. The minimum atomic E-state index is -0.0594. The van der Waals surface area contributed by atoms with Gasteiger partial charge in [0.15, 0.2) is 0 Å². The zero-order valence-electron chi connectivity index (χ0n) is 9.37. The average Bonchev–Trinajstić information content (AvgIpc) is 2.70. The second-order valence-corrected chi connectivity index (χ2v) is 4.18. The molecule has 0 radical (unpaired) electrons. The van der Waals surface area contributed by atoms with E-state index in [0.29, 0.717) is 17.3 Å². The first-order valence-corrected chi connectivity index (χ1v) is 5.73. The number of nitrogens with zero attached hydrogens (tertiary/aromatic N) is 1. The topological polar surface area (TPSA) is 56.3 Å². The van der Waals surface area contributed by atoms with Crippen LogP contribution in [0.15, 0.2) is 12.3 Å². The van der Waals surface area contributed by atoms with Crippen LogP contribution in [0.25, 0.3) is 0 Å². The number of amides is 1. The van der Waals surface area contributed by atoms with E-state index in [2.05, 4.69) is 4.98 Å². The Balaban J connectivity index is 2.36. The normalized spacial score (nSPS) is 10.4. The highest BCUT2D eigenvalue weighted by Crippen LogP contribution is 2.11. The van der Waals surface area contributed by atoms with Crippen molar-refractivity contribution < 1.29 is 9.90 Å². The van der Waals surface area contributed by atoms with E-state index < -0.39 is 0 Å². The fourth-order valence-corrected chi connectivity index (χ4v) is 1.60. The molecule has 1 heterocycles. The molecule has 5 heteroatoms. The summed E-state index contributed by atoms with van der Waals surface area (Å²) in [5, 5.41) is 9.16. The molecule has 2 N–H and O–H groups in total. The first kappa shape index (κ1) is 13.1. The lowest BCUT2D eigenvalue weighted by Gasteiger charge is -2.15. The van der Waals surface area contributed by atoms with Crippen molar-refractivity contribution >= 4 is 17.5 Å². The van der Waals surface area contributed by atoms with Gasteiger partial charge >= 0.3 is 0 Å². The van der Waals surface area contributed by atoms with Crippen molar-refractivity contribution in [3.8, 4) is 0 Å². The van der Waals surface area contributed by atoms with Gasteiger partial charge in [0.2, 0.25) is 0 Å². The van der Waals surface area contributed by atoms with E-state index in [4.69, 9.17) is 16.7 Å². The van der Waals surface area contributed by atoms with Crippen molar-refractivity contribution in [2.24, 2.45) is 0 Å². The van der Waals surface area contributed by atoms with Gasteiger partial charge in [0.25, 0.3) is 5.91 Å². The molecule has 0 fully saturated rings. The largest absolute Gasteiger partial charge is 0.396 e. The molecule has 0 aliphatic heterocycles. The number of rotatable bonds is 6. The van der Waals surface area contributed by atoms with Crippen LogP contribution in [0.3, 0.4) is 0 Å². The Morgan fingerprint density at radius 3 is 2.81 bits per heavy atom. The summed E-state index contributed by atoms with van der Waals surface area (Å²) in [7, 11) is 1.76. The van der Waals surface area contributed by atoms with Gasteiger partial charge in [-0.25, -0.2) is 0 Å². The third-order valence-electron chi connectivity index (χ3n) is 2.38. The Kier molecular flexibility index (Phi) is 5.35. The van der Waals surface area contributed by atoms with Gasteiger partial charge < -0.3 is 15.0 Å². The summed E-state index contributed by atoms with van der Waals surface area (Å²) in [6, 6.07) is 1.62. The molecular formula is C11H17ClN2O2. The van der Waals surface area contributed by atoms with Crippen molar-refractivity contribution in [2.75, 3.05) is 20.2 Å². The van der Waals surface area contributed by atoms with Gasteiger partial charge in [-0.3, -0.25) is 4.79 Å². The highest BCUT2D eigenvalue weighted by molar-refractivity contribution is 6.30. The first-order valence-electron chi connectivity index (χ1n) is 5.35. The number of hydrogen-bond acceptors (Lipinski definition) is 2. The molecule has 0 saturated carbocycles. The summed E-state index contributed by atoms with van der Waals surface area (Å²) in [5.41, 5.74) is 0.509. The maximum atomic E-state index is 11.8. The lowest BCUT2D eigenvalue weighted by molar-refractivity contribution is 0.0787. The van der Waals surface area contributed by atoms with Gasteiger partial charge in [0.1, 0.15) is 5.69 Å². The highest BCUT2D eigenvalue weighted by Gasteiger charge is 2.12. The van der Waals surface area contributed by atoms with Crippen LogP contribution in [0, 0.1) is 0 Å². The molecule has 0 atom stereocenters. The van der Waals surface area contributed by atoms with Crippen LogP contribution >= 0.6 is 11.6 Å². The molecule has 0 saturated heterocycles. The fourth-order valence-electron chi connectivity index (χ4n) is 1.44. The molecule has 0 aliphatic carbocycles. The van der Waals surface area contributed by atoms with Crippen LogP contribution in [0.5, 0.6) is 0 Å². The Bertz CT molecular complexity index is 338. The molecule has 0 bridgehead atoms. The van der Waals surface area contributed by atoms with Crippen LogP contribution < -0.4 is 0 Å². The van der Waals surface area contributed by atoms with Crippen molar-refractivity contribution in [1.82, 2.24) is 9.88 Å². The van der Waals surface area contributed by atoms with E-state index in [0.717, 1.165) is 19.3 Å². The molecule has 1 rings (SSSR count). The second kappa shape index (κ2) is 6.55.